The predicted octanol–water partition coefficient (Wildman–Crippen LogP) is 6.52. The summed E-state index contributed by atoms with van der Waals surface area (Å²) in [5.41, 5.74) is 2.46. The molecular formula is C26H43FO2. The molecule has 29 heavy (non-hydrogen) atoms. The van der Waals surface area contributed by atoms with Crippen molar-refractivity contribution in [2.24, 2.45) is 23.2 Å². The number of rotatable bonds is 6. The van der Waals surface area contributed by atoms with Crippen molar-refractivity contribution in [2.45, 2.75) is 116 Å². The third kappa shape index (κ3) is 5.73. The average Bonchev–Trinajstić information content (AvgIpc) is 2.95. The minimum atomic E-state index is -0.888. The van der Waals surface area contributed by atoms with Crippen molar-refractivity contribution in [3.8, 4) is 0 Å². The molecule has 0 aliphatic heterocycles. The Morgan fingerprint density at radius 1 is 1.24 bits per heavy atom. The summed E-state index contributed by atoms with van der Waals surface area (Å²) in [5, 5.41) is 19.9. The number of halogens is 1. The van der Waals surface area contributed by atoms with Gasteiger partial charge in [0.05, 0.1) is 11.7 Å². The van der Waals surface area contributed by atoms with Gasteiger partial charge in [-0.05, 0) is 82.0 Å². The zero-order valence-corrected chi connectivity index (χ0v) is 19.1. The second kappa shape index (κ2) is 9.22. The molecule has 3 heteroatoms. The maximum atomic E-state index is 13.8. The largest absolute Gasteiger partial charge is 0.393 e. The summed E-state index contributed by atoms with van der Waals surface area (Å²) in [6.07, 6.45) is 14.0. The second-order valence-electron chi connectivity index (χ2n) is 11.2. The molecule has 0 saturated heterocycles. The van der Waals surface area contributed by atoms with Gasteiger partial charge >= 0.3 is 0 Å². The Morgan fingerprint density at radius 2 is 2.00 bits per heavy atom. The van der Waals surface area contributed by atoms with Crippen molar-refractivity contribution >= 4 is 0 Å². The third-order valence-electron chi connectivity index (χ3n) is 8.22. The molecule has 3 unspecified atom stereocenters. The van der Waals surface area contributed by atoms with Crippen molar-refractivity contribution in [2.75, 3.05) is 0 Å². The van der Waals surface area contributed by atoms with Crippen LogP contribution in [-0.4, -0.2) is 28.1 Å². The Kier molecular flexibility index (Phi) is 7.31. The maximum Gasteiger partial charge on any atom is 0.106 e. The van der Waals surface area contributed by atoms with Gasteiger partial charge in [0.1, 0.15) is 6.17 Å². The summed E-state index contributed by atoms with van der Waals surface area (Å²) < 4.78 is 13.8. The summed E-state index contributed by atoms with van der Waals surface area (Å²) in [6, 6.07) is 0. The van der Waals surface area contributed by atoms with Crippen LogP contribution in [0, 0.1) is 23.2 Å². The van der Waals surface area contributed by atoms with Gasteiger partial charge < -0.3 is 10.2 Å². The lowest BCUT2D eigenvalue weighted by molar-refractivity contribution is 0.0596. The van der Waals surface area contributed by atoms with Gasteiger partial charge in [-0.15, -0.1) is 0 Å². The molecule has 3 aliphatic rings. The quantitative estimate of drug-likeness (QED) is 0.527. The van der Waals surface area contributed by atoms with Gasteiger partial charge in [0, 0.05) is 12.8 Å². The smallest absolute Gasteiger partial charge is 0.106 e. The van der Waals surface area contributed by atoms with E-state index in [1.165, 1.54) is 38.5 Å². The summed E-state index contributed by atoms with van der Waals surface area (Å²) in [7, 11) is 0. The Labute approximate surface area is 177 Å². The number of fused-ring (bicyclic) bond motifs is 1. The molecule has 0 heterocycles. The second-order valence-corrected chi connectivity index (χ2v) is 11.2. The summed E-state index contributed by atoms with van der Waals surface area (Å²) in [5.74, 6) is 2.12. The van der Waals surface area contributed by atoms with E-state index >= 15 is 0 Å². The molecule has 2 N–H and O–H groups in total. The van der Waals surface area contributed by atoms with Gasteiger partial charge in [0.25, 0.3) is 0 Å². The van der Waals surface area contributed by atoms with Crippen LogP contribution in [0.4, 0.5) is 4.39 Å². The number of allylic oxidation sites excluding steroid dienone is 3. The van der Waals surface area contributed by atoms with Crippen LogP contribution in [-0.2, 0) is 0 Å². The molecule has 3 fully saturated rings. The molecule has 3 aliphatic carbocycles. The molecule has 0 amide bonds. The lowest BCUT2D eigenvalue weighted by atomic mass is 9.60. The number of hydrogen-bond donors (Lipinski definition) is 2. The topological polar surface area (TPSA) is 40.5 Å². The van der Waals surface area contributed by atoms with Crippen LogP contribution >= 0.6 is 0 Å². The first-order chi connectivity index (χ1) is 13.6. The highest BCUT2D eigenvalue weighted by Gasteiger charge is 2.50. The summed E-state index contributed by atoms with van der Waals surface area (Å²) >= 11 is 0. The van der Waals surface area contributed by atoms with Crippen LogP contribution in [0.1, 0.15) is 98.3 Å². The normalized spacial score (nSPS) is 39.7. The Balaban J connectivity index is 1.66. The summed E-state index contributed by atoms with van der Waals surface area (Å²) in [4.78, 5) is 0. The predicted molar refractivity (Wildman–Crippen MR) is 118 cm³/mol. The highest BCUT2D eigenvalue weighted by atomic mass is 19.1. The van der Waals surface area contributed by atoms with E-state index in [2.05, 4.69) is 26.0 Å². The van der Waals surface area contributed by atoms with E-state index in [1.54, 1.807) is 5.57 Å². The van der Waals surface area contributed by atoms with Crippen LogP contribution in [0.5, 0.6) is 0 Å². The minimum Gasteiger partial charge on any atom is -0.393 e. The molecular weight excluding hydrogens is 363 g/mol. The van der Waals surface area contributed by atoms with E-state index < -0.39 is 17.9 Å². The summed E-state index contributed by atoms with van der Waals surface area (Å²) in [6.45, 7) is 8.76. The molecule has 166 valence electrons. The van der Waals surface area contributed by atoms with Gasteiger partial charge in [-0.1, -0.05) is 50.0 Å². The van der Waals surface area contributed by atoms with Crippen molar-refractivity contribution in [3.63, 3.8) is 0 Å². The van der Waals surface area contributed by atoms with Gasteiger partial charge in [0.2, 0.25) is 0 Å². The number of aliphatic hydroxyl groups is 2. The fourth-order valence-corrected chi connectivity index (χ4v) is 6.77. The first-order valence-corrected chi connectivity index (χ1v) is 12.0. The zero-order valence-electron chi connectivity index (χ0n) is 19.1. The first-order valence-electron chi connectivity index (χ1n) is 12.0. The standard InChI is InChI=1S/C26H43FO2/c1-18(7-5-13-25(2,3)29)23-11-12-24-20(8-6-14-26(23,24)4)10-9-19-15-21(27)17-22(28)16-19/h9-10,18,21-24,28-29H,5-8,11-17H2,1-4H3/b19-9+,20-10+/t18-,21?,22?,23-,24+,26?/m1/s1. The van der Waals surface area contributed by atoms with Gasteiger partial charge in [-0.2, -0.15) is 0 Å². The van der Waals surface area contributed by atoms with Crippen LogP contribution in [0.2, 0.25) is 0 Å². The third-order valence-corrected chi connectivity index (χ3v) is 8.22. The zero-order chi connectivity index (χ0) is 21.2. The first kappa shape index (κ1) is 23.0. The fourth-order valence-electron chi connectivity index (χ4n) is 6.77. The van der Waals surface area contributed by atoms with Crippen LogP contribution in [0.15, 0.2) is 23.3 Å². The van der Waals surface area contributed by atoms with E-state index in [1.807, 2.05) is 13.8 Å². The minimum absolute atomic E-state index is 0.293. The molecule has 0 bridgehead atoms. The Morgan fingerprint density at radius 3 is 2.69 bits per heavy atom. The van der Waals surface area contributed by atoms with Crippen LogP contribution in [0.25, 0.3) is 0 Å². The number of hydrogen-bond acceptors (Lipinski definition) is 2. The van der Waals surface area contributed by atoms with E-state index in [4.69, 9.17) is 0 Å². The highest BCUT2D eigenvalue weighted by molar-refractivity contribution is 5.26. The number of alkyl halides is 1. The highest BCUT2D eigenvalue weighted by Crippen LogP contribution is 2.59. The van der Waals surface area contributed by atoms with Crippen molar-refractivity contribution in [1.29, 1.82) is 0 Å². The van der Waals surface area contributed by atoms with Crippen LogP contribution in [0.3, 0.4) is 0 Å². The molecule has 0 aromatic rings. The molecule has 2 nitrogen and oxygen atoms in total. The molecule has 3 saturated carbocycles. The van der Waals surface area contributed by atoms with Crippen molar-refractivity contribution in [1.82, 2.24) is 0 Å². The Bertz CT molecular complexity index is 605. The molecule has 0 aromatic heterocycles. The van der Waals surface area contributed by atoms with Gasteiger partial charge in [-0.3, -0.25) is 0 Å². The number of aliphatic hydroxyl groups excluding tert-OH is 1. The van der Waals surface area contributed by atoms with Gasteiger partial charge in [-0.25, -0.2) is 4.39 Å². The van der Waals surface area contributed by atoms with Crippen molar-refractivity contribution < 1.29 is 14.6 Å². The van der Waals surface area contributed by atoms with Crippen molar-refractivity contribution in [3.05, 3.63) is 23.3 Å². The lowest BCUT2D eigenvalue weighted by Crippen LogP contribution is -2.36. The molecule has 3 rings (SSSR count). The SMILES string of the molecule is C[C@H](CCCC(C)(C)O)[C@H]1CC[C@H]2/C(=C/C=C3/CC(O)CC(F)C3)CCCC12C. The molecule has 0 aromatic carbocycles. The van der Waals surface area contributed by atoms with E-state index in [-0.39, 0.29) is 0 Å². The molecule has 0 spiro atoms. The lowest BCUT2D eigenvalue weighted by Gasteiger charge is -2.44. The molecule has 6 atom stereocenters. The average molecular weight is 407 g/mol. The monoisotopic (exact) mass is 406 g/mol. The van der Waals surface area contributed by atoms with Crippen LogP contribution < -0.4 is 0 Å². The maximum absolute atomic E-state index is 13.8. The van der Waals surface area contributed by atoms with Gasteiger partial charge in [0.15, 0.2) is 0 Å². The van der Waals surface area contributed by atoms with E-state index in [0.29, 0.717) is 36.5 Å². The fraction of sp³-hybridized carbons (Fsp3) is 0.846. The van der Waals surface area contributed by atoms with E-state index in [0.717, 1.165) is 24.3 Å². The van der Waals surface area contributed by atoms with E-state index in [9.17, 15) is 14.6 Å². The molecule has 0 radical (unpaired) electrons. The Hall–Kier alpha value is -0.670.